The summed E-state index contributed by atoms with van der Waals surface area (Å²) in [6, 6.07) is 0. The van der Waals surface area contributed by atoms with E-state index in [1.54, 1.807) is 0 Å². The van der Waals surface area contributed by atoms with Gasteiger partial charge in [-0.3, -0.25) is 14.4 Å². The molecule has 0 fully saturated rings. The highest BCUT2D eigenvalue weighted by atomic mass is 16.6. The maximum atomic E-state index is 12.9. The Morgan fingerprint density at radius 1 is 0.259 bits per heavy atom. The van der Waals surface area contributed by atoms with Gasteiger partial charge in [0.1, 0.15) is 13.2 Å². The van der Waals surface area contributed by atoms with Gasteiger partial charge < -0.3 is 14.2 Å². The molecule has 0 saturated heterocycles. The van der Waals surface area contributed by atoms with Crippen molar-refractivity contribution in [2.24, 2.45) is 0 Å². The van der Waals surface area contributed by atoms with Crippen molar-refractivity contribution in [1.82, 2.24) is 0 Å². The van der Waals surface area contributed by atoms with Gasteiger partial charge in [0.15, 0.2) is 6.10 Å². The standard InChI is InChI=1S/C75H134O6/c1-4-7-10-13-16-19-21-23-25-27-29-31-33-35-36-37-38-40-41-43-45-47-49-51-53-56-59-62-65-68-74(77)80-71-72(70-79-73(76)67-64-61-58-55-18-15-12-9-6-3)81-75(78)69-66-63-60-57-54-52-50-48-46-44-42-39-34-32-30-28-26-24-22-20-17-14-11-8-5-2/h7,10,16,19,23,25,28-31,35-36,72H,4-6,8-9,11-15,17-18,20-22,24,26-27,32-34,37-71H2,1-3H3/b10-7-,19-16-,25-23-,30-28-,31-29-,36-35-. The average molecular weight is 1130 g/mol. The number of carbonyl (C=O) groups is 3. The van der Waals surface area contributed by atoms with Crippen molar-refractivity contribution in [2.75, 3.05) is 13.2 Å². The largest absolute Gasteiger partial charge is 0.462 e. The summed E-state index contributed by atoms with van der Waals surface area (Å²) in [5.41, 5.74) is 0. The molecular formula is C75H134O6. The smallest absolute Gasteiger partial charge is 0.306 e. The molecule has 0 rings (SSSR count). The summed E-state index contributed by atoms with van der Waals surface area (Å²) in [5, 5.41) is 0. The zero-order valence-electron chi connectivity index (χ0n) is 54.1. The van der Waals surface area contributed by atoms with E-state index in [9.17, 15) is 14.4 Å². The number of unbranched alkanes of at least 4 members (excludes halogenated alkanes) is 42. The van der Waals surface area contributed by atoms with Crippen molar-refractivity contribution in [1.29, 1.82) is 0 Å². The topological polar surface area (TPSA) is 78.9 Å². The molecule has 0 heterocycles. The Morgan fingerprint density at radius 3 is 0.765 bits per heavy atom. The number of ether oxygens (including phenoxy) is 3. The van der Waals surface area contributed by atoms with Crippen LogP contribution in [0.1, 0.15) is 367 Å². The lowest BCUT2D eigenvalue weighted by Gasteiger charge is -2.18. The maximum Gasteiger partial charge on any atom is 0.306 e. The van der Waals surface area contributed by atoms with Gasteiger partial charge >= 0.3 is 17.9 Å². The van der Waals surface area contributed by atoms with Crippen LogP contribution in [-0.2, 0) is 28.6 Å². The predicted octanol–water partition coefficient (Wildman–Crippen LogP) is 24.4. The molecule has 470 valence electrons. The molecular weight excluding hydrogens is 997 g/mol. The molecule has 0 aliphatic heterocycles. The van der Waals surface area contributed by atoms with Gasteiger partial charge in [-0.25, -0.2) is 0 Å². The van der Waals surface area contributed by atoms with E-state index in [1.807, 2.05) is 0 Å². The van der Waals surface area contributed by atoms with E-state index >= 15 is 0 Å². The summed E-state index contributed by atoms with van der Waals surface area (Å²) in [7, 11) is 0. The minimum absolute atomic E-state index is 0.0707. The molecule has 0 spiro atoms. The lowest BCUT2D eigenvalue weighted by atomic mass is 10.0. The zero-order chi connectivity index (χ0) is 58.5. The number of esters is 3. The Bertz CT molecular complexity index is 1490. The van der Waals surface area contributed by atoms with Crippen molar-refractivity contribution in [3.63, 3.8) is 0 Å². The molecule has 0 N–H and O–H groups in total. The average Bonchev–Trinajstić information content (AvgIpc) is 3.47. The molecule has 0 aromatic carbocycles. The zero-order valence-corrected chi connectivity index (χ0v) is 54.1. The molecule has 0 amide bonds. The minimum atomic E-state index is -0.773. The normalized spacial score (nSPS) is 12.5. The second kappa shape index (κ2) is 69.3. The molecule has 6 heteroatoms. The van der Waals surface area contributed by atoms with Crippen molar-refractivity contribution < 1.29 is 28.6 Å². The quantitative estimate of drug-likeness (QED) is 0.0261. The first-order valence-electron chi connectivity index (χ1n) is 35.4. The third-order valence-corrected chi connectivity index (χ3v) is 15.7. The van der Waals surface area contributed by atoms with Gasteiger partial charge in [0.25, 0.3) is 0 Å². The van der Waals surface area contributed by atoms with Crippen LogP contribution in [0.5, 0.6) is 0 Å². The van der Waals surface area contributed by atoms with Crippen LogP contribution in [0, 0.1) is 0 Å². The summed E-state index contributed by atoms with van der Waals surface area (Å²) >= 11 is 0. The fourth-order valence-electron chi connectivity index (χ4n) is 10.4. The van der Waals surface area contributed by atoms with Crippen molar-refractivity contribution in [2.45, 2.75) is 374 Å². The van der Waals surface area contributed by atoms with E-state index in [0.29, 0.717) is 19.3 Å². The summed E-state index contributed by atoms with van der Waals surface area (Å²) in [6.07, 6.45) is 90.9. The van der Waals surface area contributed by atoms with Gasteiger partial charge in [-0.15, -0.1) is 0 Å². The third kappa shape index (κ3) is 67.5. The highest BCUT2D eigenvalue weighted by Crippen LogP contribution is 2.18. The Kier molecular flexibility index (Phi) is 66.6. The van der Waals surface area contributed by atoms with Gasteiger partial charge in [0.05, 0.1) is 0 Å². The van der Waals surface area contributed by atoms with E-state index < -0.39 is 6.10 Å². The number of hydrogen-bond acceptors (Lipinski definition) is 6. The van der Waals surface area contributed by atoms with Crippen LogP contribution < -0.4 is 0 Å². The van der Waals surface area contributed by atoms with E-state index in [1.165, 1.54) is 238 Å². The molecule has 0 bridgehead atoms. The maximum absolute atomic E-state index is 12.9. The van der Waals surface area contributed by atoms with E-state index in [2.05, 4.69) is 93.7 Å². The second-order valence-corrected chi connectivity index (χ2v) is 23.8. The number of rotatable bonds is 65. The highest BCUT2D eigenvalue weighted by Gasteiger charge is 2.19. The summed E-state index contributed by atoms with van der Waals surface area (Å²) in [6.45, 7) is 6.56. The molecule has 81 heavy (non-hydrogen) atoms. The Hall–Kier alpha value is -3.15. The third-order valence-electron chi connectivity index (χ3n) is 15.7. The molecule has 1 atom stereocenters. The molecule has 0 aliphatic rings. The fourth-order valence-corrected chi connectivity index (χ4v) is 10.4. The van der Waals surface area contributed by atoms with Crippen molar-refractivity contribution in [3.05, 3.63) is 72.9 Å². The summed E-state index contributed by atoms with van der Waals surface area (Å²) in [4.78, 5) is 38.3. The SMILES string of the molecule is CC/C=C\C/C=C\C/C=C\C/C=C\C/C=C\CCCCCCCCCCCCCCCC(=O)OCC(COC(=O)CCCCCCCCCCC)OC(=O)CCCCCCCCCCCCCCC/C=C\CCCCCCCCCC. The Labute approximate surface area is 503 Å². The van der Waals surface area contributed by atoms with Crippen LogP contribution in [0.4, 0.5) is 0 Å². The van der Waals surface area contributed by atoms with Crippen LogP contribution in [0.3, 0.4) is 0 Å². The number of hydrogen-bond donors (Lipinski definition) is 0. The predicted molar refractivity (Wildman–Crippen MR) is 353 cm³/mol. The number of carbonyl (C=O) groups excluding carboxylic acids is 3. The lowest BCUT2D eigenvalue weighted by Crippen LogP contribution is -2.30. The molecule has 1 unspecified atom stereocenters. The van der Waals surface area contributed by atoms with Crippen molar-refractivity contribution >= 4 is 17.9 Å². The Balaban J connectivity index is 4.13. The summed E-state index contributed by atoms with van der Waals surface area (Å²) in [5.74, 6) is -0.854. The van der Waals surface area contributed by atoms with Gasteiger partial charge in [-0.2, -0.15) is 0 Å². The van der Waals surface area contributed by atoms with Gasteiger partial charge in [0, 0.05) is 19.3 Å². The fraction of sp³-hybridized carbons (Fsp3) is 0.800. The molecule has 0 radical (unpaired) electrons. The lowest BCUT2D eigenvalue weighted by molar-refractivity contribution is -0.167. The molecule has 0 aromatic rings. The molecule has 6 nitrogen and oxygen atoms in total. The monoisotopic (exact) mass is 1130 g/mol. The van der Waals surface area contributed by atoms with E-state index in [4.69, 9.17) is 14.2 Å². The first-order valence-corrected chi connectivity index (χ1v) is 35.4. The first-order chi connectivity index (χ1) is 40.0. The van der Waals surface area contributed by atoms with Crippen LogP contribution >= 0.6 is 0 Å². The van der Waals surface area contributed by atoms with Crippen LogP contribution in [0.25, 0.3) is 0 Å². The molecule has 0 aromatic heterocycles. The summed E-state index contributed by atoms with van der Waals surface area (Å²) < 4.78 is 16.9. The van der Waals surface area contributed by atoms with Gasteiger partial charge in [-0.05, 0) is 89.9 Å². The van der Waals surface area contributed by atoms with Crippen molar-refractivity contribution in [3.8, 4) is 0 Å². The van der Waals surface area contributed by atoms with E-state index in [-0.39, 0.29) is 31.1 Å². The van der Waals surface area contributed by atoms with E-state index in [0.717, 1.165) is 89.9 Å². The number of allylic oxidation sites excluding steroid dienone is 12. The minimum Gasteiger partial charge on any atom is -0.462 e. The van der Waals surface area contributed by atoms with Gasteiger partial charge in [-0.1, -0.05) is 331 Å². The van der Waals surface area contributed by atoms with Crippen LogP contribution in [0.2, 0.25) is 0 Å². The first kappa shape index (κ1) is 77.9. The highest BCUT2D eigenvalue weighted by molar-refractivity contribution is 5.71. The van der Waals surface area contributed by atoms with Crippen LogP contribution in [-0.4, -0.2) is 37.2 Å². The molecule has 0 aliphatic carbocycles. The van der Waals surface area contributed by atoms with Gasteiger partial charge in [0.2, 0.25) is 0 Å². The van der Waals surface area contributed by atoms with Crippen LogP contribution in [0.15, 0.2) is 72.9 Å². The Morgan fingerprint density at radius 2 is 0.481 bits per heavy atom. The second-order valence-electron chi connectivity index (χ2n) is 23.8. The molecule has 0 saturated carbocycles.